The van der Waals surface area contributed by atoms with Gasteiger partial charge in [0.15, 0.2) is 5.17 Å². The summed E-state index contributed by atoms with van der Waals surface area (Å²) in [6.07, 6.45) is 3.33. The molecule has 4 atom stereocenters. The van der Waals surface area contributed by atoms with Gasteiger partial charge in [-0.15, -0.1) is 10.2 Å². The number of carbonyl (C=O) groups is 1. The van der Waals surface area contributed by atoms with Gasteiger partial charge in [-0.2, -0.15) is 0 Å². The van der Waals surface area contributed by atoms with Crippen LogP contribution in [0.4, 0.5) is 0 Å². The zero-order chi connectivity index (χ0) is 22.8. The lowest BCUT2D eigenvalue weighted by Crippen LogP contribution is -2.57. The Hall–Kier alpha value is -2.45. The van der Waals surface area contributed by atoms with Crippen molar-refractivity contribution in [3.05, 3.63) is 81.8 Å². The second-order valence-electron chi connectivity index (χ2n) is 9.66. The van der Waals surface area contributed by atoms with Crippen molar-refractivity contribution >= 4 is 38.8 Å². The summed E-state index contributed by atoms with van der Waals surface area (Å²) in [5, 5.41) is 12.6. The van der Waals surface area contributed by atoms with Crippen LogP contribution in [-0.4, -0.2) is 37.6 Å². The molecule has 33 heavy (non-hydrogen) atoms. The van der Waals surface area contributed by atoms with E-state index < -0.39 is 5.41 Å². The molecule has 4 unspecified atom stereocenters. The predicted octanol–water partition coefficient (Wildman–Crippen LogP) is 4.49. The molecule has 4 heterocycles. The Balaban J connectivity index is 1.27. The molecular formula is C25H24BrN5OS. The lowest BCUT2D eigenvalue weighted by atomic mass is 9.55. The third kappa shape index (κ3) is 3.21. The number of nitrogens with zero attached hydrogens (tertiary/aromatic N) is 4. The van der Waals surface area contributed by atoms with Gasteiger partial charge in [0.1, 0.15) is 12.2 Å². The maximum atomic E-state index is 13.8. The van der Waals surface area contributed by atoms with Crippen LogP contribution in [0.25, 0.3) is 0 Å². The summed E-state index contributed by atoms with van der Waals surface area (Å²) >= 11 is 5.12. The summed E-state index contributed by atoms with van der Waals surface area (Å²) in [5.41, 5.74) is 2.70. The summed E-state index contributed by atoms with van der Waals surface area (Å²) in [5.74, 6) is 1.84. The summed E-state index contributed by atoms with van der Waals surface area (Å²) in [6.45, 7) is 4.26. The highest BCUT2D eigenvalue weighted by Crippen LogP contribution is 2.60. The van der Waals surface area contributed by atoms with E-state index in [2.05, 4.69) is 98.4 Å². The van der Waals surface area contributed by atoms with Gasteiger partial charge in [-0.1, -0.05) is 64.1 Å². The highest BCUT2D eigenvalue weighted by molar-refractivity contribution is 9.10. The second kappa shape index (κ2) is 7.53. The molecule has 3 aliphatic heterocycles. The van der Waals surface area contributed by atoms with Crippen molar-refractivity contribution in [2.45, 2.75) is 44.2 Å². The van der Waals surface area contributed by atoms with E-state index in [-0.39, 0.29) is 23.4 Å². The first-order chi connectivity index (χ1) is 15.9. The molecule has 8 heteroatoms. The van der Waals surface area contributed by atoms with Crippen molar-refractivity contribution < 1.29 is 4.79 Å². The number of aliphatic imine (C=N–C) groups is 1. The van der Waals surface area contributed by atoms with Gasteiger partial charge >= 0.3 is 0 Å². The quantitative estimate of drug-likeness (QED) is 0.551. The van der Waals surface area contributed by atoms with Crippen LogP contribution < -0.4 is 5.32 Å². The van der Waals surface area contributed by atoms with Crippen LogP contribution in [0.15, 0.2) is 64.3 Å². The molecule has 1 aliphatic carbocycles. The molecule has 168 valence electrons. The third-order valence-electron chi connectivity index (χ3n) is 7.35. The van der Waals surface area contributed by atoms with Gasteiger partial charge in [0.2, 0.25) is 5.91 Å². The number of hydrogen-bond donors (Lipinski definition) is 1. The van der Waals surface area contributed by atoms with Crippen LogP contribution in [-0.2, 0) is 16.6 Å². The molecule has 2 aromatic carbocycles. The molecule has 2 bridgehead atoms. The van der Waals surface area contributed by atoms with Crippen molar-refractivity contribution in [2.24, 2.45) is 10.4 Å². The fourth-order valence-corrected chi connectivity index (χ4v) is 7.11. The van der Waals surface area contributed by atoms with Crippen molar-refractivity contribution in [2.75, 3.05) is 5.75 Å². The number of aromatic nitrogens is 3. The maximum absolute atomic E-state index is 13.8. The molecule has 0 spiro atoms. The van der Waals surface area contributed by atoms with Crippen LogP contribution >= 0.6 is 27.7 Å². The van der Waals surface area contributed by atoms with Gasteiger partial charge in [-0.25, -0.2) is 0 Å². The second-order valence-corrected chi connectivity index (χ2v) is 11.6. The Bertz CT molecular complexity index is 1290. The Morgan fingerprint density at radius 2 is 2.00 bits per heavy atom. The topological polar surface area (TPSA) is 72.2 Å². The fraction of sp³-hybridized carbons (Fsp3) is 0.360. The first kappa shape index (κ1) is 21.1. The molecule has 0 radical (unpaired) electrons. The Labute approximate surface area is 205 Å². The number of halogens is 1. The first-order valence-electron chi connectivity index (χ1n) is 11.1. The summed E-state index contributed by atoms with van der Waals surface area (Å²) in [7, 11) is 0. The predicted molar refractivity (Wildman–Crippen MR) is 133 cm³/mol. The van der Waals surface area contributed by atoms with Gasteiger partial charge in [-0.3, -0.25) is 9.79 Å². The monoisotopic (exact) mass is 521 g/mol. The molecule has 0 fully saturated rings. The third-order valence-corrected chi connectivity index (χ3v) is 8.92. The van der Waals surface area contributed by atoms with Crippen molar-refractivity contribution in [3.8, 4) is 0 Å². The van der Waals surface area contributed by atoms with Crippen molar-refractivity contribution in [3.63, 3.8) is 0 Å². The molecule has 1 aromatic heterocycles. The number of amidine groups is 1. The molecule has 0 saturated carbocycles. The van der Waals surface area contributed by atoms with Crippen molar-refractivity contribution in [1.29, 1.82) is 0 Å². The van der Waals surface area contributed by atoms with Crippen LogP contribution in [0.5, 0.6) is 0 Å². The highest BCUT2D eigenvalue weighted by Gasteiger charge is 2.60. The lowest BCUT2D eigenvalue weighted by Gasteiger charge is -2.54. The van der Waals surface area contributed by atoms with Crippen molar-refractivity contribution in [1.82, 2.24) is 20.1 Å². The zero-order valence-electron chi connectivity index (χ0n) is 18.5. The van der Waals surface area contributed by atoms with Gasteiger partial charge in [0.25, 0.3) is 0 Å². The molecule has 6 nitrogen and oxygen atoms in total. The fourth-order valence-electron chi connectivity index (χ4n) is 5.92. The molecular weight excluding hydrogens is 498 g/mol. The average molecular weight is 522 g/mol. The Morgan fingerprint density at radius 1 is 1.21 bits per heavy atom. The Morgan fingerprint density at radius 3 is 2.82 bits per heavy atom. The van der Waals surface area contributed by atoms with Gasteiger partial charge < -0.3 is 9.88 Å². The van der Waals surface area contributed by atoms with Gasteiger partial charge in [0.05, 0.1) is 22.9 Å². The number of rotatable bonds is 3. The first-order valence-corrected chi connectivity index (χ1v) is 12.9. The maximum Gasteiger partial charge on any atom is 0.234 e. The number of thioether (sulfide) groups is 1. The minimum atomic E-state index is -0.634. The van der Waals surface area contributed by atoms with Crippen LogP contribution in [0.3, 0.4) is 0 Å². The van der Waals surface area contributed by atoms with E-state index in [1.54, 1.807) is 18.1 Å². The smallest absolute Gasteiger partial charge is 0.234 e. The van der Waals surface area contributed by atoms with Crippen LogP contribution in [0, 0.1) is 5.41 Å². The van der Waals surface area contributed by atoms with E-state index in [0.717, 1.165) is 27.6 Å². The van der Waals surface area contributed by atoms with Crippen LogP contribution in [0.1, 0.15) is 48.8 Å². The van der Waals surface area contributed by atoms with E-state index in [9.17, 15) is 4.79 Å². The summed E-state index contributed by atoms with van der Waals surface area (Å²) in [4.78, 5) is 18.6. The number of nitrogens with one attached hydrogen (secondary N) is 1. The Kier molecular flexibility index (Phi) is 4.82. The highest BCUT2D eigenvalue weighted by atomic mass is 79.9. The van der Waals surface area contributed by atoms with E-state index in [0.29, 0.717) is 6.42 Å². The minimum absolute atomic E-state index is 0.0168. The van der Waals surface area contributed by atoms with Gasteiger partial charge in [0, 0.05) is 10.2 Å². The molecule has 4 aliphatic rings. The van der Waals surface area contributed by atoms with E-state index in [4.69, 9.17) is 4.99 Å². The number of hydrogen-bond acceptors (Lipinski definition) is 5. The summed E-state index contributed by atoms with van der Waals surface area (Å²) in [6, 6.07) is 16.8. The normalized spacial score (nSPS) is 29.4. The standard InChI is InChI=1S/C25H24BrN5OS/c1-24-13-25(2,20(31-14-27-30-21(24)31)18-5-3-4-6-19(18)24)22(32)29-23-28-17(12-33-23)11-15-7-9-16(26)10-8-15/h3-10,14,17,20H,11-13H2,1-2H3,(H,28,29,32). The largest absolute Gasteiger partial charge is 0.308 e. The van der Waals surface area contributed by atoms with Crippen LogP contribution in [0.2, 0.25) is 0 Å². The molecule has 1 N–H and O–H groups in total. The lowest BCUT2D eigenvalue weighted by molar-refractivity contribution is -0.133. The summed E-state index contributed by atoms with van der Waals surface area (Å²) < 4.78 is 3.18. The number of fused-ring (bicyclic) bond motifs is 1. The zero-order valence-corrected chi connectivity index (χ0v) is 20.9. The average Bonchev–Trinajstić information content (AvgIpc) is 3.46. The molecule has 0 saturated heterocycles. The van der Waals surface area contributed by atoms with E-state index >= 15 is 0 Å². The molecule has 3 aromatic rings. The number of carbonyl (C=O) groups excluding carboxylic acids is 1. The van der Waals surface area contributed by atoms with E-state index in [1.165, 1.54) is 16.7 Å². The number of benzene rings is 2. The van der Waals surface area contributed by atoms with E-state index in [1.807, 2.05) is 0 Å². The van der Waals surface area contributed by atoms with Gasteiger partial charge in [-0.05, 0) is 55.5 Å². The number of amides is 1. The molecule has 7 rings (SSSR count). The molecule has 1 amide bonds. The SMILES string of the molecule is CC12CC(C)(C(=O)NC3=NC(Cc4ccc(Br)cc4)CS3)C(c3ccccc31)n1cnnc12. The minimum Gasteiger partial charge on any atom is -0.308 e.